The molecule has 1 amide bonds. The molecule has 1 N–H and O–H groups in total. The van der Waals surface area contributed by atoms with E-state index in [0.717, 1.165) is 16.1 Å². The lowest BCUT2D eigenvalue weighted by atomic mass is 10.1. The summed E-state index contributed by atoms with van der Waals surface area (Å²) in [4.78, 5) is 13.1. The van der Waals surface area contributed by atoms with E-state index in [-0.39, 0.29) is 5.91 Å². The maximum atomic E-state index is 12.0. The average molecular weight is 310 g/mol. The molecule has 0 bridgehead atoms. The van der Waals surface area contributed by atoms with Crippen molar-refractivity contribution in [3.05, 3.63) is 59.2 Å². The zero-order chi connectivity index (χ0) is 15.9. The van der Waals surface area contributed by atoms with E-state index in [1.807, 2.05) is 24.3 Å². The Kier molecular flexibility index (Phi) is 5.62. The van der Waals surface area contributed by atoms with Gasteiger partial charge in [-0.2, -0.15) is 5.26 Å². The summed E-state index contributed by atoms with van der Waals surface area (Å²) in [7, 11) is 0. The first kappa shape index (κ1) is 16.1. The summed E-state index contributed by atoms with van der Waals surface area (Å²) >= 11 is 1.54. The summed E-state index contributed by atoms with van der Waals surface area (Å²) in [5, 5.41) is 11.5. The Morgan fingerprint density at radius 1 is 1.18 bits per heavy atom. The minimum Gasteiger partial charge on any atom is -0.325 e. The van der Waals surface area contributed by atoms with Crippen molar-refractivity contribution in [3.63, 3.8) is 0 Å². The number of carbonyl (C=O) groups excluding carboxylic acids is 1. The van der Waals surface area contributed by atoms with E-state index < -0.39 is 0 Å². The van der Waals surface area contributed by atoms with Crippen LogP contribution in [-0.4, -0.2) is 11.7 Å². The Morgan fingerprint density at radius 3 is 2.55 bits per heavy atom. The number of benzene rings is 2. The number of hydrogen-bond acceptors (Lipinski definition) is 3. The second-order valence-electron chi connectivity index (χ2n) is 5.14. The standard InChI is InChI=1S/C18H18N2OS/c1-13-3-8-17(14(2)11-13)22-12-18(21)20-16-6-4-15(5-7-16)9-10-19/h3-8,11H,9,12H2,1-2H3,(H,20,21). The Balaban J connectivity index is 1.89. The first-order valence-corrected chi connectivity index (χ1v) is 8.03. The monoisotopic (exact) mass is 310 g/mol. The fourth-order valence-corrected chi connectivity index (χ4v) is 2.91. The molecule has 0 aliphatic heterocycles. The van der Waals surface area contributed by atoms with E-state index in [1.165, 1.54) is 22.9 Å². The van der Waals surface area contributed by atoms with E-state index in [2.05, 4.69) is 43.4 Å². The average Bonchev–Trinajstić information content (AvgIpc) is 2.49. The molecule has 2 aromatic carbocycles. The molecule has 112 valence electrons. The minimum atomic E-state index is -0.0296. The van der Waals surface area contributed by atoms with Gasteiger partial charge in [-0.1, -0.05) is 29.8 Å². The first-order chi connectivity index (χ1) is 10.6. The molecule has 22 heavy (non-hydrogen) atoms. The van der Waals surface area contributed by atoms with Gasteiger partial charge in [-0.05, 0) is 43.2 Å². The molecule has 0 unspecified atom stereocenters. The van der Waals surface area contributed by atoms with Gasteiger partial charge in [-0.15, -0.1) is 11.8 Å². The van der Waals surface area contributed by atoms with Crippen LogP contribution in [0.4, 0.5) is 5.69 Å². The molecule has 0 heterocycles. The van der Waals surface area contributed by atoms with Gasteiger partial charge in [0, 0.05) is 10.6 Å². The van der Waals surface area contributed by atoms with Gasteiger partial charge in [0.15, 0.2) is 0 Å². The Labute approximate surface area is 135 Å². The van der Waals surface area contributed by atoms with Crippen molar-refractivity contribution in [1.82, 2.24) is 0 Å². The molecule has 0 fully saturated rings. The van der Waals surface area contributed by atoms with Crippen LogP contribution < -0.4 is 5.32 Å². The number of nitriles is 1. The predicted octanol–water partition coefficient (Wildman–Crippen LogP) is 4.10. The number of rotatable bonds is 5. The molecular weight excluding hydrogens is 292 g/mol. The van der Waals surface area contributed by atoms with Crippen molar-refractivity contribution in [1.29, 1.82) is 5.26 Å². The van der Waals surface area contributed by atoms with Crippen molar-refractivity contribution in [3.8, 4) is 6.07 Å². The van der Waals surface area contributed by atoms with Crippen LogP contribution in [0.5, 0.6) is 0 Å². The molecule has 2 aromatic rings. The molecule has 0 atom stereocenters. The maximum Gasteiger partial charge on any atom is 0.234 e. The Bertz CT molecular complexity index is 702. The smallest absolute Gasteiger partial charge is 0.234 e. The summed E-state index contributed by atoms with van der Waals surface area (Å²) in [5.74, 6) is 0.349. The van der Waals surface area contributed by atoms with Crippen molar-refractivity contribution < 1.29 is 4.79 Å². The van der Waals surface area contributed by atoms with Crippen LogP contribution in [0.15, 0.2) is 47.4 Å². The van der Waals surface area contributed by atoms with Crippen LogP contribution >= 0.6 is 11.8 Å². The van der Waals surface area contributed by atoms with Crippen LogP contribution in [0, 0.1) is 25.2 Å². The largest absolute Gasteiger partial charge is 0.325 e. The van der Waals surface area contributed by atoms with Crippen LogP contribution in [0.3, 0.4) is 0 Å². The van der Waals surface area contributed by atoms with Crippen LogP contribution in [0.1, 0.15) is 16.7 Å². The van der Waals surface area contributed by atoms with E-state index in [0.29, 0.717) is 12.2 Å². The number of thioether (sulfide) groups is 1. The van der Waals surface area contributed by atoms with Gasteiger partial charge in [-0.25, -0.2) is 0 Å². The van der Waals surface area contributed by atoms with E-state index in [1.54, 1.807) is 0 Å². The van der Waals surface area contributed by atoms with Gasteiger partial charge in [0.1, 0.15) is 0 Å². The number of carbonyl (C=O) groups is 1. The number of nitrogens with zero attached hydrogens (tertiary/aromatic N) is 1. The van der Waals surface area contributed by atoms with Crippen molar-refractivity contribution in [2.75, 3.05) is 11.1 Å². The molecule has 0 saturated heterocycles. The number of amides is 1. The molecule has 3 nitrogen and oxygen atoms in total. The summed E-state index contributed by atoms with van der Waals surface area (Å²) < 4.78 is 0. The van der Waals surface area contributed by atoms with Gasteiger partial charge >= 0.3 is 0 Å². The zero-order valence-electron chi connectivity index (χ0n) is 12.7. The molecule has 0 spiro atoms. The van der Waals surface area contributed by atoms with Crippen LogP contribution in [0.25, 0.3) is 0 Å². The molecule has 0 aromatic heterocycles. The van der Waals surface area contributed by atoms with Gasteiger partial charge in [0.05, 0.1) is 18.2 Å². The SMILES string of the molecule is Cc1ccc(SCC(=O)Nc2ccc(CC#N)cc2)c(C)c1. The van der Waals surface area contributed by atoms with Crippen molar-refractivity contribution in [2.24, 2.45) is 0 Å². The second kappa shape index (κ2) is 7.67. The normalized spacial score (nSPS) is 10.0. The quantitative estimate of drug-likeness (QED) is 0.846. The lowest BCUT2D eigenvalue weighted by molar-refractivity contribution is -0.113. The highest BCUT2D eigenvalue weighted by molar-refractivity contribution is 8.00. The lowest BCUT2D eigenvalue weighted by Gasteiger charge is -2.08. The molecule has 0 aliphatic carbocycles. The van der Waals surface area contributed by atoms with Crippen LogP contribution in [-0.2, 0) is 11.2 Å². The molecule has 0 radical (unpaired) electrons. The minimum absolute atomic E-state index is 0.0296. The number of hydrogen-bond donors (Lipinski definition) is 1. The Morgan fingerprint density at radius 2 is 1.91 bits per heavy atom. The van der Waals surface area contributed by atoms with Gasteiger partial charge < -0.3 is 5.32 Å². The summed E-state index contributed by atoms with van der Waals surface area (Å²) in [6.07, 6.45) is 0.386. The highest BCUT2D eigenvalue weighted by Gasteiger charge is 2.06. The molecular formula is C18H18N2OS. The van der Waals surface area contributed by atoms with Gasteiger partial charge in [0.2, 0.25) is 5.91 Å². The maximum absolute atomic E-state index is 12.0. The molecule has 0 saturated carbocycles. The molecule has 2 rings (SSSR count). The van der Waals surface area contributed by atoms with Crippen molar-refractivity contribution >= 4 is 23.4 Å². The number of nitrogens with one attached hydrogen (secondary N) is 1. The number of aryl methyl sites for hydroxylation is 2. The van der Waals surface area contributed by atoms with E-state index in [9.17, 15) is 4.79 Å². The lowest BCUT2D eigenvalue weighted by Crippen LogP contribution is -2.14. The van der Waals surface area contributed by atoms with E-state index >= 15 is 0 Å². The topological polar surface area (TPSA) is 52.9 Å². The predicted molar refractivity (Wildman–Crippen MR) is 91.0 cm³/mol. The van der Waals surface area contributed by atoms with E-state index in [4.69, 9.17) is 5.26 Å². The van der Waals surface area contributed by atoms with Gasteiger partial charge in [0.25, 0.3) is 0 Å². The third-order valence-electron chi connectivity index (χ3n) is 3.21. The summed E-state index contributed by atoms with van der Waals surface area (Å²) in [6, 6.07) is 15.7. The highest BCUT2D eigenvalue weighted by Crippen LogP contribution is 2.23. The fourth-order valence-electron chi connectivity index (χ4n) is 2.10. The molecule has 0 aliphatic rings. The summed E-state index contributed by atoms with van der Waals surface area (Å²) in [5.41, 5.74) is 4.13. The zero-order valence-corrected chi connectivity index (χ0v) is 13.5. The Hall–Kier alpha value is -2.25. The number of anilines is 1. The second-order valence-corrected chi connectivity index (χ2v) is 6.15. The summed E-state index contributed by atoms with van der Waals surface area (Å²) in [6.45, 7) is 4.12. The van der Waals surface area contributed by atoms with Crippen LogP contribution in [0.2, 0.25) is 0 Å². The highest BCUT2D eigenvalue weighted by atomic mass is 32.2. The van der Waals surface area contributed by atoms with Crippen molar-refractivity contribution in [2.45, 2.75) is 25.2 Å². The third kappa shape index (κ3) is 4.64. The van der Waals surface area contributed by atoms with Gasteiger partial charge in [-0.3, -0.25) is 4.79 Å². The first-order valence-electron chi connectivity index (χ1n) is 7.04. The molecule has 4 heteroatoms. The third-order valence-corrected chi connectivity index (χ3v) is 4.39. The fraction of sp³-hybridized carbons (Fsp3) is 0.222.